The van der Waals surface area contributed by atoms with Gasteiger partial charge >= 0.3 is 6.09 Å². The van der Waals surface area contributed by atoms with Gasteiger partial charge in [-0.1, -0.05) is 6.42 Å². The van der Waals surface area contributed by atoms with Gasteiger partial charge in [0, 0.05) is 25.1 Å². The number of aliphatic hydroxyl groups excluding tert-OH is 1. The molecule has 17 heavy (non-hydrogen) atoms. The third-order valence-electron chi connectivity index (χ3n) is 3.84. The summed E-state index contributed by atoms with van der Waals surface area (Å²) in [6.45, 7) is 6.60. The first kappa shape index (κ1) is 12.7. The zero-order valence-electron chi connectivity index (χ0n) is 11.0. The Morgan fingerprint density at radius 1 is 1.41 bits per heavy atom. The van der Waals surface area contributed by atoms with E-state index >= 15 is 0 Å². The largest absolute Gasteiger partial charge is 0.444 e. The van der Waals surface area contributed by atoms with Crippen LogP contribution < -0.4 is 0 Å². The van der Waals surface area contributed by atoms with Gasteiger partial charge in [0.05, 0.1) is 0 Å². The Bertz CT molecular complexity index is 298. The van der Waals surface area contributed by atoms with Crippen LogP contribution in [0.2, 0.25) is 0 Å². The molecule has 1 aliphatic heterocycles. The molecule has 1 amide bonds. The molecular formula is C13H23NO3. The van der Waals surface area contributed by atoms with Crippen molar-refractivity contribution in [2.75, 3.05) is 13.2 Å². The van der Waals surface area contributed by atoms with Gasteiger partial charge in [0.25, 0.3) is 0 Å². The molecule has 1 saturated heterocycles. The third kappa shape index (κ3) is 2.57. The molecule has 3 unspecified atom stereocenters. The molecule has 1 aliphatic carbocycles. The van der Waals surface area contributed by atoms with E-state index in [1.807, 2.05) is 25.7 Å². The van der Waals surface area contributed by atoms with Gasteiger partial charge in [-0.15, -0.1) is 0 Å². The highest BCUT2D eigenvalue weighted by molar-refractivity contribution is 5.69. The van der Waals surface area contributed by atoms with Gasteiger partial charge in [0.2, 0.25) is 0 Å². The van der Waals surface area contributed by atoms with Gasteiger partial charge in [0.1, 0.15) is 5.60 Å². The van der Waals surface area contributed by atoms with Crippen molar-refractivity contribution in [3.63, 3.8) is 0 Å². The van der Waals surface area contributed by atoms with E-state index in [0.29, 0.717) is 5.92 Å². The quantitative estimate of drug-likeness (QED) is 0.764. The van der Waals surface area contributed by atoms with E-state index in [0.717, 1.165) is 25.8 Å². The van der Waals surface area contributed by atoms with Gasteiger partial charge in [-0.05, 0) is 39.5 Å². The van der Waals surface area contributed by atoms with Gasteiger partial charge < -0.3 is 14.7 Å². The molecule has 1 heterocycles. The van der Waals surface area contributed by atoms with Gasteiger partial charge in [-0.3, -0.25) is 0 Å². The lowest BCUT2D eigenvalue weighted by Crippen LogP contribution is -2.42. The first-order valence-corrected chi connectivity index (χ1v) is 6.53. The number of amides is 1. The van der Waals surface area contributed by atoms with Gasteiger partial charge in [0.15, 0.2) is 0 Å². The van der Waals surface area contributed by atoms with Crippen molar-refractivity contribution in [2.45, 2.75) is 51.7 Å². The lowest BCUT2D eigenvalue weighted by molar-refractivity contribution is 0.0184. The van der Waals surface area contributed by atoms with E-state index < -0.39 is 5.60 Å². The summed E-state index contributed by atoms with van der Waals surface area (Å²) in [5, 5.41) is 9.43. The molecule has 2 aliphatic rings. The fourth-order valence-electron chi connectivity index (χ4n) is 3.13. The van der Waals surface area contributed by atoms with Crippen LogP contribution in [-0.4, -0.2) is 40.9 Å². The molecule has 0 spiro atoms. The molecule has 0 aromatic carbocycles. The number of hydrogen-bond donors (Lipinski definition) is 1. The summed E-state index contributed by atoms with van der Waals surface area (Å²) < 4.78 is 5.43. The highest BCUT2D eigenvalue weighted by Gasteiger charge is 2.46. The van der Waals surface area contributed by atoms with Crippen LogP contribution in [0, 0.1) is 11.8 Å². The average Bonchev–Trinajstić information content (AvgIpc) is 2.41. The minimum atomic E-state index is -0.442. The maximum Gasteiger partial charge on any atom is 0.410 e. The van der Waals surface area contributed by atoms with E-state index in [2.05, 4.69) is 0 Å². The second-order valence-electron chi connectivity index (χ2n) is 6.24. The van der Waals surface area contributed by atoms with Gasteiger partial charge in [-0.25, -0.2) is 4.79 Å². The minimum absolute atomic E-state index is 0.189. The topological polar surface area (TPSA) is 49.8 Å². The van der Waals surface area contributed by atoms with Crippen molar-refractivity contribution in [3.05, 3.63) is 0 Å². The molecule has 1 N–H and O–H groups in total. The van der Waals surface area contributed by atoms with Crippen molar-refractivity contribution < 1.29 is 14.6 Å². The Hall–Kier alpha value is -0.770. The first-order valence-electron chi connectivity index (χ1n) is 6.53. The summed E-state index contributed by atoms with van der Waals surface area (Å²) in [4.78, 5) is 13.9. The van der Waals surface area contributed by atoms with Crippen molar-refractivity contribution in [1.29, 1.82) is 0 Å². The van der Waals surface area contributed by atoms with E-state index in [4.69, 9.17) is 4.74 Å². The number of hydrogen-bond acceptors (Lipinski definition) is 3. The summed E-state index contributed by atoms with van der Waals surface area (Å²) in [5.74, 6) is 0.725. The Morgan fingerprint density at radius 2 is 2.12 bits per heavy atom. The molecule has 4 heteroatoms. The monoisotopic (exact) mass is 241 g/mol. The van der Waals surface area contributed by atoms with Crippen molar-refractivity contribution in [2.24, 2.45) is 11.8 Å². The average molecular weight is 241 g/mol. The molecule has 2 bridgehead atoms. The smallest absolute Gasteiger partial charge is 0.410 e. The van der Waals surface area contributed by atoms with E-state index in [-0.39, 0.29) is 24.7 Å². The lowest BCUT2D eigenvalue weighted by Gasteiger charge is -2.31. The summed E-state index contributed by atoms with van der Waals surface area (Å²) >= 11 is 0. The molecule has 2 fully saturated rings. The van der Waals surface area contributed by atoms with Crippen LogP contribution in [0.25, 0.3) is 0 Å². The van der Waals surface area contributed by atoms with Crippen LogP contribution in [0.4, 0.5) is 4.79 Å². The van der Waals surface area contributed by atoms with Crippen molar-refractivity contribution in [3.8, 4) is 0 Å². The number of carbonyl (C=O) groups is 1. The number of fused-ring (bicyclic) bond motifs is 2. The second kappa shape index (κ2) is 4.48. The summed E-state index contributed by atoms with van der Waals surface area (Å²) in [5.41, 5.74) is -0.442. The lowest BCUT2D eigenvalue weighted by atomic mass is 9.80. The Labute approximate surface area is 103 Å². The molecule has 4 nitrogen and oxygen atoms in total. The Balaban J connectivity index is 2.05. The van der Waals surface area contributed by atoms with E-state index in [1.54, 1.807) is 0 Å². The molecule has 3 atom stereocenters. The molecular weight excluding hydrogens is 218 g/mol. The Kier molecular flexibility index (Phi) is 3.34. The fourth-order valence-corrected chi connectivity index (χ4v) is 3.13. The third-order valence-corrected chi connectivity index (χ3v) is 3.84. The van der Waals surface area contributed by atoms with Crippen LogP contribution in [0.3, 0.4) is 0 Å². The predicted octanol–water partition coefficient (Wildman–Crippen LogP) is 2.01. The number of likely N-dealkylation sites (tertiary alicyclic amines) is 1. The SMILES string of the molecule is CC(C)(C)OC(=O)N1CC2CCCC1C2CO. The maximum atomic E-state index is 12.1. The molecule has 1 saturated carbocycles. The zero-order valence-corrected chi connectivity index (χ0v) is 11.0. The normalized spacial score (nSPS) is 32.7. The van der Waals surface area contributed by atoms with Crippen LogP contribution >= 0.6 is 0 Å². The first-order chi connectivity index (χ1) is 7.92. The van der Waals surface area contributed by atoms with Gasteiger partial charge in [-0.2, -0.15) is 0 Å². The Morgan fingerprint density at radius 3 is 2.65 bits per heavy atom. The van der Waals surface area contributed by atoms with Crippen LogP contribution in [0.15, 0.2) is 0 Å². The standard InChI is InChI=1S/C13H23NO3/c1-13(2,3)17-12(16)14-7-9-5-4-6-11(14)10(9)8-15/h9-11,15H,4-8H2,1-3H3. The zero-order chi connectivity index (χ0) is 12.6. The second-order valence-corrected chi connectivity index (χ2v) is 6.24. The fraction of sp³-hybridized carbons (Fsp3) is 0.923. The highest BCUT2D eigenvalue weighted by Crippen LogP contribution is 2.40. The summed E-state index contributed by atoms with van der Waals surface area (Å²) in [6, 6.07) is 0.189. The number of aliphatic hydroxyl groups is 1. The van der Waals surface area contributed by atoms with E-state index in [1.165, 1.54) is 0 Å². The van der Waals surface area contributed by atoms with Crippen LogP contribution in [0.1, 0.15) is 40.0 Å². The summed E-state index contributed by atoms with van der Waals surface area (Å²) in [6.07, 6.45) is 3.07. The molecule has 0 aromatic heterocycles. The maximum absolute atomic E-state index is 12.1. The van der Waals surface area contributed by atoms with E-state index in [9.17, 15) is 9.90 Å². The number of ether oxygens (including phenoxy) is 1. The van der Waals surface area contributed by atoms with Crippen LogP contribution in [0.5, 0.6) is 0 Å². The minimum Gasteiger partial charge on any atom is -0.444 e. The van der Waals surface area contributed by atoms with Crippen LogP contribution in [-0.2, 0) is 4.74 Å². The van der Waals surface area contributed by atoms with Crippen molar-refractivity contribution in [1.82, 2.24) is 4.90 Å². The molecule has 98 valence electrons. The predicted molar refractivity (Wildman–Crippen MR) is 64.6 cm³/mol. The van der Waals surface area contributed by atoms with Crippen molar-refractivity contribution >= 4 is 6.09 Å². The molecule has 0 aromatic rings. The number of nitrogens with zero attached hydrogens (tertiary/aromatic N) is 1. The summed E-state index contributed by atoms with van der Waals surface area (Å²) in [7, 11) is 0. The molecule has 0 radical (unpaired) electrons. The number of carbonyl (C=O) groups excluding carboxylic acids is 1. The highest BCUT2D eigenvalue weighted by atomic mass is 16.6. The molecule has 2 rings (SSSR count). The number of rotatable bonds is 1.